The lowest BCUT2D eigenvalue weighted by Gasteiger charge is -1.96. The lowest BCUT2D eigenvalue weighted by atomic mass is 10.1. The molecule has 0 spiro atoms. The number of nitrogens with zero attached hydrogens (tertiary/aromatic N) is 3. The predicted octanol–water partition coefficient (Wildman–Crippen LogP) is 3.43. The molecule has 0 radical (unpaired) electrons. The van der Waals surface area contributed by atoms with Gasteiger partial charge in [-0.1, -0.05) is 35.5 Å². The van der Waals surface area contributed by atoms with Crippen LogP contribution < -0.4 is 0 Å². The fourth-order valence-corrected chi connectivity index (χ4v) is 2.10. The second-order valence-electron chi connectivity index (χ2n) is 4.80. The third-order valence-corrected chi connectivity index (χ3v) is 3.27. The first-order valence-corrected chi connectivity index (χ1v) is 6.84. The van der Waals surface area contributed by atoms with Crippen LogP contribution in [0.25, 0.3) is 11.4 Å². The second-order valence-corrected chi connectivity index (χ2v) is 4.80. The van der Waals surface area contributed by atoms with E-state index in [1.807, 2.05) is 30.3 Å². The first-order chi connectivity index (χ1) is 10.7. The summed E-state index contributed by atoms with van der Waals surface area (Å²) in [5.41, 5.74) is 1.94. The van der Waals surface area contributed by atoms with E-state index in [0.717, 1.165) is 6.42 Å². The molecular formula is C16H13N3O3. The molecule has 6 nitrogen and oxygen atoms in total. The Morgan fingerprint density at radius 3 is 2.41 bits per heavy atom. The average molecular weight is 295 g/mol. The van der Waals surface area contributed by atoms with Crippen LogP contribution in [-0.2, 0) is 12.8 Å². The number of hydrogen-bond acceptors (Lipinski definition) is 5. The Labute approximate surface area is 126 Å². The van der Waals surface area contributed by atoms with E-state index < -0.39 is 4.92 Å². The molecule has 3 rings (SSSR count). The molecule has 0 N–H and O–H groups in total. The van der Waals surface area contributed by atoms with Crippen molar-refractivity contribution in [2.75, 3.05) is 0 Å². The minimum absolute atomic E-state index is 0.0385. The van der Waals surface area contributed by atoms with Gasteiger partial charge in [0.25, 0.3) is 5.69 Å². The number of benzene rings is 2. The van der Waals surface area contributed by atoms with E-state index in [0.29, 0.717) is 23.7 Å². The third-order valence-electron chi connectivity index (χ3n) is 3.27. The van der Waals surface area contributed by atoms with Crippen LogP contribution in [0.4, 0.5) is 5.69 Å². The Balaban J connectivity index is 1.69. The number of hydrogen-bond donors (Lipinski definition) is 0. The number of rotatable bonds is 5. The van der Waals surface area contributed by atoms with Gasteiger partial charge in [0.15, 0.2) is 0 Å². The van der Waals surface area contributed by atoms with E-state index in [1.54, 1.807) is 12.1 Å². The highest BCUT2D eigenvalue weighted by atomic mass is 16.6. The molecule has 0 saturated carbocycles. The fraction of sp³-hybridized carbons (Fsp3) is 0.125. The van der Waals surface area contributed by atoms with Crippen molar-refractivity contribution >= 4 is 5.69 Å². The molecule has 2 aromatic carbocycles. The quantitative estimate of drug-likeness (QED) is 0.532. The largest absolute Gasteiger partial charge is 0.339 e. The molecule has 0 unspecified atom stereocenters. The van der Waals surface area contributed by atoms with Crippen molar-refractivity contribution in [2.45, 2.75) is 12.8 Å². The highest BCUT2D eigenvalue weighted by Crippen LogP contribution is 2.20. The summed E-state index contributed by atoms with van der Waals surface area (Å²) >= 11 is 0. The van der Waals surface area contributed by atoms with Crippen molar-refractivity contribution in [3.8, 4) is 11.4 Å². The maximum absolute atomic E-state index is 10.6. The molecule has 0 fully saturated rings. The number of nitro benzene ring substituents is 1. The molecule has 22 heavy (non-hydrogen) atoms. The molecule has 0 aliphatic heterocycles. The first-order valence-electron chi connectivity index (χ1n) is 6.84. The van der Waals surface area contributed by atoms with Gasteiger partial charge in [-0.15, -0.1) is 0 Å². The number of non-ortho nitro benzene ring substituents is 1. The Morgan fingerprint density at radius 2 is 1.73 bits per heavy atom. The van der Waals surface area contributed by atoms with Gasteiger partial charge in [-0.2, -0.15) is 4.98 Å². The first kappa shape index (κ1) is 13.9. The molecule has 0 bridgehead atoms. The van der Waals surface area contributed by atoms with Gasteiger partial charge in [0.1, 0.15) is 0 Å². The zero-order valence-corrected chi connectivity index (χ0v) is 11.7. The van der Waals surface area contributed by atoms with Gasteiger partial charge in [0.05, 0.1) is 4.92 Å². The molecule has 0 amide bonds. The Bertz CT molecular complexity index is 767. The summed E-state index contributed by atoms with van der Waals surface area (Å²) in [7, 11) is 0. The van der Waals surface area contributed by atoms with E-state index >= 15 is 0 Å². The van der Waals surface area contributed by atoms with Crippen molar-refractivity contribution < 1.29 is 9.45 Å². The molecule has 110 valence electrons. The van der Waals surface area contributed by atoms with Crippen LogP contribution in [0.15, 0.2) is 59.1 Å². The van der Waals surface area contributed by atoms with Gasteiger partial charge in [0.2, 0.25) is 11.7 Å². The Morgan fingerprint density at radius 1 is 1.00 bits per heavy atom. The molecule has 0 saturated heterocycles. The fourth-order valence-electron chi connectivity index (χ4n) is 2.10. The molecule has 3 aromatic rings. The van der Waals surface area contributed by atoms with Crippen molar-refractivity contribution in [2.24, 2.45) is 0 Å². The second kappa shape index (κ2) is 6.17. The van der Waals surface area contributed by atoms with Gasteiger partial charge in [-0.25, -0.2) is 0 Å². The van der Waals surface area contributed by atoms with Gasteiger partial charge in [0, 0.05) is 24.1 Å². The zero-order valence-electron chi connectivity index (χ0n) is 11.7. The van der Waals surface area contributed by atoms with Crippen LogP contribution in [0.3, 0.4) is 0 Å². The van der Waals surface area contributed by atoms with E-state index in [-0.39, 0.29) is 5.69 Å². The van der Waals surface area contributed by atoms with Gasteiger partial charge in [-0.3, -0.25) is 10.1 Å². The van der Waals surface area contributed by atoms with E-state index in [2.05, 4.69) is 10.1 Å². The molecule has 0 aliphatic rings. The predicted molar refractivity (Wildman–Crippen MR) is 80.2 cm³/mol. The molecular weight excluding hydrogens is 282 g/mol. The van der Waals surface area contributed by atoms with Gasteiger partial charge < -0.3 is 4.52 Å². The van der Waals surface area contributed by atoms with Gasteiger partial charge in [-0.05, 0) is 24.1 Å². The normalized spacial score (nSPS) is 10.5. The van der Waals surface area contributed by atoms with Crippen LogP contribution >= 0.6 is 0 Å². The lowest BCUT2D eigenvalue weighted by Crippen LogP contribution is -1.91. The summed E-state index contributed by atoms with van der Waals surface area (Å²) < 4.78 is 5.22. The van der Waals surface area contributed by atoms with Crippen molar-refractivity contribution in [3.63, 3.8) is 0 Å². The standard InChI is InChI=1S/C16H13N3O3/c20-19(21)14-9-7-13(8-10-14)16-17-15(22-18-16)11-6-12-4-2-1-3-5-12/h1-5,7-10H,6,11H2. The third kappa shape index (κ3) is 3.17. The van der Waals surface area contributed by atoms with Crippen LogP contribution in [0.2, 0.25) is 0 Å². The summed E-state index contributed by atoms with van der Waals surface area (Å²) in [5.74, 6) is 0.996. The highest BCUT2D eigenvalue weighted by molar-refractivity contribution is 5.56. The van der Waals surface area contributed by atoms with Crippen molar-refractivity contribution in [1.29, 1.82) is 0 Å². The van der Waals surface area contributed by atoms with E-state index in [4.69, 9.17) is 4.52 Å². The maximum Gasteiger partial charge on any atom is 0.269 e. The van der Waals surface area contributed by atoms with Crippen LogP contribution in [0.5, 0.6) is 0 Å². The number of aryl methyl sites for hydroxylation is 2. The smallest absolute Gasteiger partial charge is 0.269 e. The zero-order chi connectivity index (χ0) is 15.4. The SMILES string of the molecule is O=[N+]([O-])c1ccc(-c2noc(CCc3ccccc3)n2)cc1. The average Bonchev–Trinajstić information content (AvgIpc) is 3.03. The van der Waals surface area contributed by atoms with Crippen LogP contribution in [0, 0.1) is 10.1 Å². The summed E-state index contributed by atoms with van der Waals surface area (Å²) in [6, 6.07) is 16.1. The molecule has 0 atom stereocenters. The van der Waals surface area contributed by atoms with Gasteiger partial charge >= 0.3 is 0 Å². The lowest BCUT2D eigenvalue weighted by molar-refractivity contribution is -0.384. The van der Waals surface area contributed by atoms with E-state index in [9.17, 15) is 10.1 Å². The summed E-state index contributed by atoms with van der Waals surface area (Å²) in [6.07, 6.45) is 1.48. The Hall–Kier alpha value is -3.02. The molecule has 0 aliphatic carbocycles. The van der Waals surface area contributed by atoms with Crippen molar-refractivity contribution in [3.05, 3.63) is 76.2 Å². The number of aromatic nitrogens is 2. The molecule has 1 heterocycles. The topological polar surface area (TPSA) is 82.1 Å². The minimum Gasteiger partial charge on any atom is -0.339 e. The maximum atomic E-state index is 10.6. The molecule has 6 heteroatoms. The number of nitro groups is 1. The summed E-state index contributed by atoms with van der Waals surface area (Å²) in [5, 5.41) is 14.5. The monoisotopic (exact) mass is 295 g/mol. The van der Waals surface area contributed by atoms with Crippen LogP contribution in [-0.4, -0.2) is 15.1 Å². The highest BCUT2D eigenvalue weighted by Gasteiger charge is 2.11. The van der Waals surface area contributed by atoms with E-state index in [1.165, 1.54) is 17.7 Å². The minimum atomic E-state index is -0.439. The Kier molecular flexibility index (Phi) is 3.91. The summed E-state index contributed by atoms with van der Waals surface area (Å²) in [4.78, 5) is 14.5. The summed E-state index contributed by atoms with van der Waals surface area (Å²) in [6.45, 7) is 0. The molecule has 1 aromatic heterocycles. The van der Waals surface area contributed by atoms with Crippen molar-refractivity contribution in [1.82, 2.24) is 10.1 Å². The van der Waals surface area contributed by atoms with Crippen LogP contribution in [0.1, 0.15) is 11.5 Å².